The Morgan fingerprint density at radius 1 is 1.04 bits per heavy atom. The number of hydrogen-bond acceptors (Lipinski definition) is 4. The Morgan fingerprint density at radius 3 is 2.41 bits per heavy atom. The minimum absolute atomic E-state index is 0.157. The molecule has 0 atom stereocenters. The molecule has 0 N–H and O–H groups in total. The predicted molar refractivity (Wildman–Crippen MR) is 106 cm³/mol. The molecular weight excluding hydrogens is 343 g/mol. The third-order valence-electron chi connectivity index (χ3n) is 4.90. The van der Waals surface area contributed by atoms with E-state index in [1.54, 1.807) is 6.07 Å². The summed E-state index contributed by atoms with van der Waals surface area (Å²) in [5.41, 5.74) is 1.43. The van der Waals surface area contributed by atoms with Gasteiger partial charge in [-0.15, -0.1) is 0 Å². The fourth-order valence-corrected chi connectivity index (χ4v) is 3.32. The Balaban J connectivity index is 1.40. The summed E-state index contributed by atoms with van der Waals surface area (Å²) in [4.78, 5) is 16.3. The molecule has 1 saturated heterocycles. The number of benzene rings is 2. The Morgan fingerprint density at radius 2 is 1.74 bits per heavy atom. The van der Waals surface area contributed by atoms with Gasteiger partial charge in [0.2, 0.25) is 0 Å². The van der Waals surface area contributed by atoms with Crippen LogP contribution in [0.2, 0.25) is 0 Å². The SMILES string of the molecule is CCCC(=O)c1ccc(OCCN2CCN(c3ccccc3F)CC2)cc1. The molecule has 4 nitrogen and oxygen atoms in total. The largest absolute Gasteiger partial charge is 0.492 e. The maximum atomic E-state index is 13.9. The maximum Gasteiger partial charge on any atom is 0.162 e. The lowest BCUT2D eigenvalue weighted by atomic mass is 10.1. The third-order valence-corrected chi connectivity index (χ3v) is 4.90. The van der Waals surface area contributed by atoms with Crippen LogP contribution in [0.5, 0.6) is 5.75 Å². The Labute approximate surface area is 160 Å². The first-order chi connectivity index (χ1) is 13.2. The molecule has 0 amide bonds. The molecule has 2 aromatic carbocycles. The first-order valence-electron chi connectivity index (χ1n) is 9.65. The first kappa shape index (κ1) is 19.4. The molecule has 0 radical (unpaired) electrons. The van der Waals surface area contributed by atoms with E-state index in [9.17, 15) is 9.18 Å². The molecule has 0 saturated carbocycles. The fourth-order valence-electron chi connectivity index (χ4n) is 3.32. The lowest BCUT2D eigenvalue weighted by Gasteiger charge is -2.36. The summed E-state index contributed by atoms with van der Waals surface area (Å²) >= 11 is 0. The van der Waals surface area contributed by atoms with Crippen LogP contribution in [0.1, 0.15) is 30.1 Å². The number of halogens is 1. The zero-order chi connectivity index (χ0) is 19.1. The zero-order valence-electron chi connectivity index (χ0n) is 15.9. The number of ketones is 1. The number of anilines is 1. The van der Waals surface area contributed by atoms with E-state index in [0.717, 1.165) is 50.5 Å². The quantitative estimate of drug-likeness (QED) is 0.658. The molecule has 2 aromatic rings. The molecule has 27 heavy (non-hydrogen) atoms. The topological polar surface area (TPSA) is 32.8 Å². The standard InChI is InChI=1S/C22H27FN2O2/c1-2-5-22(26)18-8-10-19(11-9-18)27-17-16-24-12-14-25(15-13-24)21-7-4-3-6-20(21)23/h3-4,6-11H,2,5,12-17H2,1H3. The summed E-state index contributed by atoms with van der Waals surface area (Å²) in [6.45, 7) is 6.85. The highest BCUT2D eigenvalue weighted by molar-refractivity contribution is 5.96. The van der Waals surface area contributed by atoms with Crippen LogP contribution in [0.4, 0.5) is 10.1 Å². The van der Waals surface area contributed by atoms with Crippen molar-refractivity contribution in [1.29, 1.82) is 0 Å². The minimum Gasteiger partial charge on any atom is -0.492 e. The highest BCUT2D eigenvalue weighted by atomic mass is 19.1. The van der Waals surface area contributed by atoms with Gasteiger partial charge in [0, 0.05) is 44.7 Å². The molecule has 144 valence electrons. The summed E-state index contributed by atoms with van der Waals surface area (Å²) in [5, 5.41) is 0. The summed E-state index contributed by atoms with van der Waals surface area (Å²) in [7, 11) is 0. The predicted octanol–water partition coefficient (Wildman–Crippen LogP) is 4.01. The van der Waals surface area contributed by atoms with Gasteiger partial charge in [0.1, 0.15) is 18.2 Å². The van der Waals surface area contributed by atoms with E-state index in [2.05, 4.69) is 9.80 Å². The van der Waals surface area contributed by atoms with Crippen LogP contribution in [0.25, 0.3) is 0 Å². The number of para-hydroxylation sites is 1. The zero-order valence-corrected chi connectivity index (χ0v) is 15.9. The van der Waals surface area contributed by atoms with Gasteiger partial charge in [-0.3, -0.25) is 9.69 Å². The number of carbonyl (C=O) groups excluding carboxylic acids is 1. The normalized spacial score (nSPS) is 15.0. The van der Waals surface area contributed by atoms with E-state index in [-0.39, 0.29) is 11.6 Å². The Bertz CT molecular complexity index is 740. The van der Waals surface area contributed by atoms with Gasteiger partial charge >= 0.3 is 0 Å². The van der Waals surface area contributed by atoms with Crippen LogP contribution in [-0.4, -0.2) is 50.0 Å². The fraction of sp³-hybridized carbons (Fsp3) is 0.409. The molecule has 1 heterocycles. The van der Waals surface area contributed by atoms with Gasteiger partial charge in [0.05, 0.1) is 5.69 Å². The van der Waals surface area contributed by atoms with Crippen molar-refractivity contribution in [2.45, 2.75) is 19.8 Å². The smallest absolute Gasteiger partial charge is 0.162 e. The molecule has 0 bridgehead atoms. The van der Waals surface area contributed by atoms with E-state index >= 15 is 0 Å². The van der Waals surface area contributed by atoms with Gasteiger partial charge in [0.15, 0.2) is 5.78 Å². The molecular formula is C22H27FN2O2. The van der Waals surface area contributed by atoms with E-state index in [1.807, 2.05) is 43.3 Å². The lowest BCUT2D eigenvalue weighted by molar-refractivity contribution is 0.0981. The van der Waals surface area contributed by atoms with Gasteiger partial charge in [-0.05, 0) is 42.8 Å². The second-order valence-corrected chi connectivity index (χ2v) is 6.83. The van der Waals surface area contributed by atoms with Gasteiger partial charge in [-0.2, -0.15) is 0 Å². The van der Waals surface area contributed by atoms with Crippen molar-refractivity contribution >= 4 is 11.5 Å². The average Bonchev–Trinajstić information content (AvgIpc) is 2.70. The average molecular weight is 370 g/mol. The van der Waals surface area contributed by atoms with Crippen molar-refractivity contribution < 1.29 is 13.9 Å². The van der Waals surface area contributed by atoms with Gasteiger partial charge < -0.3 is 9.64 Å². The number of hydrogen-bond donors (Lipinski definition) is 0. The van der Waals surface area contributed by atoms with Gasteiger partial charge in [0.25, 0.3) is 0 Å². The number of carbonyl (C=O) groups is 1. The molecule has 3 rings (SSSR count). The van der Waals surface area contributed by atoms with Gasteiger partial charge in [-0.25, -0.2) is 4.39 Å². The molecule has 0 aliphatic carbocycles. The van der Waals surface area contributed by atoms with Crippen LogP contribution in [-0.2, 0) is 0 Å². The minimum atomic E-state index is -0.157. The lowest BCUT2D eigenvalue weighted by Crippen LogP contribution is -2.47. The highest BCUT2D eigenvalue weighted by Gasteiger charge is 2.19. The van der Waals surface area contributed by atoms with E-state index in [4.69, 9.17) is 4.74 Å². The maximum absolute atomic E-state index is 13.9. The van der Waals surface area contributed by atoms with Crippen molar-refractivity contribution in [3.63, 3.8) is 0 Å². The van der Waals surface area contributed by atoms with Gasteiger partial charge in [-0.1, -0.05) is 19.1 Å². The van der Waals surface area contributed by atoms with E-state index < -0.39 is 0 Å². The molecule has 0 aromatic heterocycles. The molecule has 1 aliphatic rings. The Hall–Kier alpha value is -2.40. The van der Waals surface area contributed by atoms with Crippen LogP contribution in [0, 0.1) is 5.82 Å². The molecule has 0 unspecified atom stereocenters. The van der Waals surface area contributed by atoms with Crippen LogP contribution >= 0.6 is 0 Å². The molecule has 1 aliphatic heterocycles. The highest BCUT2D eigenvalue weighted by Crippen LogP contribution is 2.20. The van der Waals surface area contributed by atoms with E-state index in [1.165, 1.54) is 6.07 Å². The molecule has 1 fully saturated rings. The summed E-state index contributed by atoms with van der Waals surface area (Å²) < 4.78 is 19.7. The van der Waals surface area contributed by atoms with Crippen LogP contribution in [0.3, 0.4) is 0 Å². The van der Waals surface area contributed by atoms with Crippen molar-refractivity contribution in [2.24, 2.45) is 0 Å². The van der Waals surface area contributed by atoms with Crippen molar-refractivity contribution in [3.05, 3.63) is 59.9 Å². The first-order valence-corrected chi connectivity index (χ1v) is 9.65. The third kappa shape index (κ3) is 5.30. The number of rotatable bonds is 8. The number of piperazine rings is 1. The Kier molecular flexibility index (Phi) is 6.82. The van der Waals surface area contributed by atoms with Crippen LogP contribution in [0.15, 0.2) is 48.5 Å². The summed E-state index contributed by atoms with van der Waals surface area (Å²) in [6, 6.07) is 14.3. The summed E-state index contributed by atoms with van der Waals surface area (Å²) in [5.74, 6) is 0.806. The second kappa shape index (κ2) is 9.51. The van der Waals surface area contributed by atoms with Crippen molar-refractivity contribution in [3.8, 4) is 5.75 Å². The summed E-state index contributed by atoms with van der Waals surface area (Å²) in [6.07, 6.45) is 1.44. The number of nitrogens with zero attached hydrogens (tertiary/aromatic N) is 2. The van der Waals surface area contributed by atoms with E-state index in [0.29, 0.717) is 18.7 Å². The van der Waals surface area contributed by atoms with Crippen molar-refractivity contribution in [1.82, 2.24) is 4.90 Å². The molecule has 5 heteroatoms. The monoisotopic (exact) mass is 370 g/mol. The number of ether oxygens (including phenoxy) is 1. The second-order valence-electron chi connectivity index (χ2n) is 6.83. The van der Waals surface area contributed by atoms with Crippen LogP contribution < -0.4 is 9.64 Å². The van der Waals surface area contributed by atoms with Crippen molar-refractivity contribution in [2.75, 3.05) is 44.2 Å². The number of Topliss-reactive ketones (excluding diaryl/α,β-unsaturated/α-hetero) is 1. The molecule has 0 spiro atoms.